The van der Waals surface area contributed by atoms with Gasteiger partial charge in [0.25, 0.3) is 0 Å². The van der Waals surface area contributed by atoms with Crippen LogP contribution < -0.4 is 9.47 Å². The summed E-state index contributed by atoms with van der Waals surface area (Å²) in [6, 6.07) is 13.4. The predicted octanol–water partition coefficient (Wildman–Crippen LogP) is 11.0. The first kappa shape index (κ1) is 28.8. The van der Waals surface area contributed by atoms with Crippen molar-refractivity contribution in [1.29, 1.82) is 0 Å². The Kier molecular flexibility index (Phi) is 11.9. The minimum Gasteiger partial charge on any atom is -0.493 e. The van der Waals surface area contributed by atoms with Gasteiger partial charge in [-0.05, 0) is 74.9 Å². The highest BCUT2D eigenvalue weighted by Crippen LogP contribution is 2.45. The van der Waals surface area contributed by atoms with Crippen molar-refractivity contribution in [2.24, 2.45) is 11.8 Å². The summed E-state index contributed by atoms with van der Waals surface area (Å²) >= 11 is 3.66. The van der Waals surface area contributed by atoms with Crippen LogP contribution in [-0.2, 0) is 0 Å². The van der Waals surface area contributed by atoms with E-state index in [1.165, 1.54) is 58.0 Å². The van der Waals surface area contributed by atoms with Gasteiger partial charge in [0.1, 0.15) is 11.5 Å². The Labute approximate surface area is 228 Å². The number of thiophene rings is 2. The smallest absolute Gasteiger partial charge is 0.128 e. The van der Waals surface area contributed by atoms with Crippen LogP contribution in [-0.4, -0.2) is 13.2 Å². The summed E-state index contributed by atoms with van der Waals surface area (Å²) < 4.78 is 13.3. The Morgan fingerprint density at radius 3 is 1.36 bits per heavy atom. The van der Waals surface area contributed by atoms with Crippen LogP contribution in [0.15, 0.2) is 36.4 Å². The fraction of sp³-hybridized carbons (Fsp3) is 0.562. The quantitative estimate of drug-likeness (QED) is 0.185. The van der Waals surface area contributed by atoms with E-state index in [4.69, 9.17) is 9.47 Å². The highest BCUT2D eigenvalue weighted by atomic mass is 32.1. The predicted molar refractivity (Wildman–Crippen MR) is 160 cm³/mol. The molecule has 3 aromatic rings. The van der Waals surface area contributed by atoms with Gasteiger partial charge in [-0.1, -0.05) is 66.2 Å². The summed E-state index contributed by atoms with van der Waals surface area (Å²) in [4.78, 5) is 5.13. The van der Waals surface area contributed by atoms with Gasteiger partial charge in [0.15, 0.2) is 0 Å². The third kappa shape index (κ3) is 8.11. The van der Waals surface area contributed by atoms with E-state index in [0.717, 1.165) is 48.7 Å². The molecule has 3 rings (SSSR count). The van der Waals surface area contributed by atoms with Crippen molar-refractivity contribution in [2.75, 3.05) is 13.2 Å². The first-order chi connectivity index (χ1) is 17.5. The summed E-state index contributed by atoms with van der Waals surface area (Å²) in [5.74, 6) is 3.15. The normalized spacial score (nSPS) is 13.1. The Balaban J connectivity index is 1.99. The molecule has 198 valence electrons. The van der Waals surface area contributed by atoms with Crippen molar-refractivity contribution >= 4 is 22.7 Å². The lowest BCUT2D eigenvalue weighted by molar-refractivity contribution is 0.229. The summed E-state index contributed by atoms with van der Waals surface area (Å²) in [5.41, 5.74) is 2.32. The number of unbranched alkanes of at least 4 members (excludes halogenated alkanes) is 2. The van der Waals surface area contributed by atoms with Gasteiger partial charge >= 0.3 is 0 Å². The molecule has 0 bridgehead atoms. The number of rotatable bonds is 16. The first-order valence-corrected chi connectivity index (χ1v) is 15.7. The molecule has 0 aliphatic carbocycles. The number of ether oxygens (including phenoxy) is 2. The number of aryl methyl sites for hydroxylation is 2. The summed E-state index contributed by atoms with van der Waals surface area (Å²) in [6.07, 6.45) is 9.78. The van der Waals surface area contributed by atoms with Gasteiger partial charge in [-0.15, -0.1) is 22.7 Å². The molecule has 0 fully saturated rings. The molecule has 0 radical (unpaired) electrons. The molecule has 0 amide bonds. The van der Waals surface area contributed by atoms with Crippen LogP contribution in [0.3, 0.4) is 0 Å². The molecule has 0 aliphatic heterocycles. The van der Waals surface area contributed by atoms with Crippen LogP contribution in [0.1, 0.15) is 88.8 Å². The minimum absolute atomic E-state index is 0.593. The Morgan fingerprint density at radius 2 is 1.06 bits per heavy atom. The summed E-state index contributed by atoms with van der Waals surface area (Å²) in [7, 11) is 0. The van der Waals surface area contributed by atoms with E-state index in [0.29, 0.717) is 11.8 Å². The van der Waals surface area contributed by atoms with Gasteiger partial charge in [-0.3, -0.25) is 0 Å². The molecule has 2 aromatic heterocycles. The summed E-state index contributed by atoms with van der Waals surface area (Å²) in [5, 5.41) is 0. The molecule has 2 nitrogen and oxygen atoms in total. The first-order valence-electron chi connectivity index (χ1n) is 14.1. The highest BCUT2D eigenvalue weighted by Gasteiger charge is 2.19. The zero-order valence-electron chi connectivity index (χ0n) is 23.3. The Bertz CT molecular complexity index is 964. The molecule has 1 aromatic carbocycles. The minimum atomic E-state index is 0.593. The Morgan fingerprint density at radius 1 is 0.639 bits per heavy atom. The molecule has 0 aliphatic rings. The van der Waals surface area contributed by atoms with Crippen molar-refractivity contribution < 1.29 is 9.47 Å². The van der Waals surface area contributed by atoms with Gasteiger partial charge < -0.3 is 9.47 Å². The SMILES string of the molecule is CCCCC(CC)COc1cc(-c2ccc(C)s2)c(OCC(CC)CCCC)cc1-c1ccc(C)s1. The lowest BCUT2D eigenvalue weighted by Gasteiger charge is -2.21. The van der Waals surface area contributed by atoms with Gasteiger partial charge in [0.2, 0.25) is 0 Å². The zero-order chi connectivity index (χ0) is 25.9. The van der Waals surface area contributed by atoms with Gasteiger partial charge in [0, 0.05) is 30.6 Å². The van der Waals surface area contributed by atoms with E-state index >= 15 is 0 Å². The molecule has 36 heavy (non-hydrogen) atoms. The molecule has 2 unspecified atom stereocenters. The molecule has 0 saturated carbocycles. The second-order valence-electron chi connectivity index (χ2n) is 10.1. The molecular formula is C32H46O2S2. The maximum atomic E-state index is 6.63. The van der Waals surface area contributed by atoms with Crippen LogP contribution in [0.4, 0.5) is 0 Å². The Hall–Kier alpha value is -1.78. The largest absolute Gasteiger partial charge is 0.493 e. The second-order valence-corrected chi connectivity index (χ2v) is 12.7. The van der Waals surface area contributed by atoms with Gasteiger partial charge in [0.05, 0.1) is 13.2 Å². The fourth-order valence-corrected chi connectivity index (χ4v) is 6.33. The van der Waals surface area contributed by atoms with Crippen molar-refractivity contribution in [1.82, 2.24) is 0 Å². The average Bonchev–Trinajstić information content (AvgIpc) is 3.52. The molecule has 0 spiro atoms. The van der Waals surface area contributed by atoms with E-state index < -0.39 is 0 Å². The average molecular weight is 527 g/mol. The number of benzene rings is 1. The summed E-state index contributed by atoms with van der Waals surface area (Å²) in [6.45, 7) is 15.0. The monoisotopic (exact) mass is 526 g/mol. The lowest BCUT2D eigenvalue weighted by atomic mass is 10.00. The van der Waals surface area contributed by atoms with Gasteiger partial charge in [-0.25, -0.2) is 0 Å². The zero-order valence-corrected chi connectivity index (χ0v) is 25.0. The number of hydrogen-bond donors (Lipinski definition) is 0. The van der Waals surface area contributed by atoms with E-state index in [9.17, 15) is 0 Å². The molecule has 0 N–H and O–H groups in total. The molecular weight excluding hydrogens is 480 g/mol. The molecule has 4 heteroatoms. The standard InChI is InChI=1S/C32H46O2S2/c1-7-11-13-25(9-3)21-33-29-19-28(32-18-16-24(6)36-32)30(34-22-26(10-4)14-12-8-2)20-27(29)31-17-15-23(5)35-31/h15-20,25-26H,7-14,21-22H2,1-6H3. The maximum absolute atomic E-state index is 6.63. The van der Waals surface area contributed by atoms with Crippen LogP contribution in [0.25, 0.3) is 20.9 Å². The topological polar surface area (TPSA) is 18.5 Å². The molecule has 2 heterocycles. The van der Waals surface area contributed by atoms with E-state index in [1.807, 2.05) is 22.7 Å². The van der Waals surface area contributed by atoms with E-state index in [-0.39, 0.29) is 0 Å². The van der Waals surface area contributed by atoms with Crippen molar-refractivity contribution in [3.8, 4) is 32.4 Å². The van der Waals surface area contributed by atoms with Crippen molar-refractivity contribution in [2.45, 2.75) is 92.9 Å². The molecule has 0 saturated heterocycles. The van der Waals surface area contributed by atoms with Crippen LogP contribution in [0, 0.1) is 25.7 Å². The van der Waals surface area contributed by atoms with Gasteiger partial charge in [-0.2, -0.15) is 0 Å². The fourth-order valence-electron chi connectivity index (χ4n) is 4.55. The third-order valence-electron chi connectivity index (χ3n) is 7.13. The van der Waals surface area contributed by atoms with E-state index in [1.54, 1.807) is 0 Å². The second kappa shape index (κ2) is 14.8. The van der Waals surface area contributed by atoms with E-state index in [2.05, 4.69) is 77.9 Å². The van der Waals surface area contributed by atoms with Crippen LogP contribution in [0.2, 0.25) is 0 Å². The highest BCUT2D eigenvalue weighted by molar-refractivity contribution is 7.15. The maximum Gasteiger partial charge on any atom is 0.128 e. The third-order valence-corrected chi connectivity index (χ3v) is 9.20. The van der Waals surface area contributed by atoms with Crippen LogP contribution >= 0.6 is 22.7 Å². The lowest BCUT2D eigenvalue weighted by Crippen LogP contribution is -2.13. The number of hydrogen-bond acceptors (Lipinski definition) is 4. The van der Waals surface area contributed by atoms with Crippen LogP contribution in [0.5, 0.6) is 11.5 Å². The van der Waals surface area contributed by atoms with Crippen molar-refractivity contribution in [3.63, 3.8) is 0 Å². The van der Waals surface area contributed by atoms with Crippen molar-refractivity contribution in [3.05, 3.63) is 46.2 Å². The molecule has 2 atom stereocenters.